The van der Waals surface area contributed by atoms with Crippen LogP contribution in [0.4, 0.5) is 39.8 Å². The number of azo groups is 2. The number of hydrogen-bond donors (Lipinski definition) is 5. The number of aryl methyl sites for hydroxylation is 1. The summed E-state index contributed by atoms with van der Waals surface area (Å²) in [4.78, 5) is 22.5. The molecule has 0 aliphatic heterocycles. The van der Waals surface area contributed by atoms with Gasteiger partial charge in [0.2, 0.25) is 0 Å². The van der Waals surface area contributed by atoms with E-state index < -0.39 is 21.9 Å². The summed E-state index contributed by atoms with van der Waals surface area (Å²) in [6.45, 7) is 1.76. The van der Waals surface area contributed by atoms with Crippen LogP contribution < -0.4 is 16.9 Å². The van der Waals surface area contributed by atoms with E-state index in [1.54, 1.807) is 37.3 Å². The fourth-order valence-electron chi connectivity index (χ4n) is 4.25. The molecule has 4 aromatic carbocycles. The van der Waals surface area contributed by atoms with Crippen molar-refractivity contribution in [3.05, 3.63) is 108 Å². The number of carbonyl (C=O) groups excluding carboxylic acids is 1. The van der Waals surface area contributed by atoms with Crippen LogP contribution in [-0.4, -0.2) is 35.5 Å². The topological polar surface area (TPSA) is 235 Å². The summed E-state index contributed by atoms with van der Waals surface area (Å²) in [5, 5.41) is 30.1. The van der Waals surface area contributed by atoms with Crippen molar-refractivity contribution >= 4 is 67.4 Å². The Morgan fingerprint density at radius 2 is 1.36 bits per heavy atom. The molecule has 5 rings (SSSR count). The molecular formula is C32H26N8O6S. The summed E-state index contributed by atoms with van der Waals surface area (Å²) in [7, 11) is -4.33. The Labute approximate surface area is 268 Å². The molecule has 15 heteroatoms. The molecule has 0 amide bonds. The van der Waals surface area contributed by atoms with Crippen molar-refractivity contribution in [2.45, 2.75) is 11.8 Å². The van der Waals surface area contributed by atoms with Gasteiger partial charge in [-0.2, -0.15) is 23.7 Å². The predicted octanol–water partition coefficient (Wildman–Crippen LogP) is 6.82. The van der Waals surface area contributed by atoms with Crippen molar-refractivity contribution in [1.29, 1.82) is 0 Å². The van der Waals surface area contributed by atoms with Crippen LogP contribution in [0.1, 0.15) is 5.56 Å². The van der Waals surface area contributed by atoms with Crippen molar-refractivity contribution in [3.8, 4) is 11.1 Å². The fourth-order valence-corrected chi connectivity index (χ4v) is 4.73. The number of hydrazone groups is 1. The lowest BCUT2D eigenvalue weighted by atomic mass is 10.0. The number of benzene rings is 4. The predicted molar refractivity (Wildman–Crippen MR) is 177 cm³/mol. The van der Waals surface area contributed by atoms with Crippen LogP contribution in [-0.2, 0) is 19.7 Å². The average Bonchev–Trinajstić information content (AvgIpc) is 3.05. The van der Waals surface area contributed by atoms with E-state index in [-0.39, 0.29) is 27.5 Å². The maximum absolute atomic E-state index is 11.6. The molecule has 1 aliphatic carbocycles. The molecule has 4 aromatic rings. The molecule has 7 N–H and O–H groups in total. The first-order valence-corrected chi connectivity index (χ1v) is 15.1. The molecule has 0 heterocycles. The second kappa shape index (κ2) is 13.4. The van der Waals surface area contributed by atoms with Crippen LogP contribution in [0, 0.1) is 6.92 Å². The summed E-state index contributed by atoms with van der Waals surface area (Å²) < 4.78 is 31.6. The van der Waals surface area contributed by atoms with Gasteiger partial charge >= 0.3 is 5.97 Å². The number of nitrogens with one attached hydrogen (secondary N) is 1. The number of rotatable bonds is 9. The minimum atomic E-state index is -4.33. The third-order valence-corrected chi connectivity index (χ3v) is 7.70. The molecule has 0 saturated heterocycles. The molecule has 14 nitrogen and oxygen atoms in total. The van der Waals surface area contributed by atoms with Crippen LogP contribution in [0.3, 0.4) is 0 Å². The fraction of sp³-hybridized carbons (Fsp3) is 0.0312. The van der Waals surface area contributed by atoms with Gasteiger partial charge in [-0.05, 0) is 96.4 Å². The Kier molecular flexibility index (Phi) is 9.11. The number of hydrogen-bond acceptors (Lipinski definition) is 12. The quantitative estimate of drug-likeness (QED) is 0.0318. The van der Waals surface area contributed by atoms with E-state index in [0.717, 1.165) is 17.2 Å². The van der Waals surface area contributed by atoms with E-state index in [1.165, 1.54) is 36.4 Å². The second-order valence-corrected chi connectivity index (χ2v) is 11.5. The van der Waals surface area contributed by atoms with Gasteiger partial charge in [-0.15, -0.1) is 10.2 Å². The SMILES string of the molecule is Cc1cc(N=Nc2ccc(S(=O)(=O)O)cc2)c(N)c(N=Nc2ccc(-c3ccc(N/N=C4/C=CC(=O)C(C(=O)O)=C4)cc3)cc2)c1N. The molecule has 0 radical (unpaired) electrons. The van der Waals surface area contributed by atoms with E-state index in [1.807, 2.05) is 24.3 Å². The van der Waals surface area contributed by atoms with Crippen LogP contribution >= 0.6 is 0 Å². The summed E-state index contributed by atoms with van der Waals surface area (Å²) in [5.74, 6) is -1.90. The highest BCUT2D eigenvalue weighted by Crippen LogP contribution is 2.41. The average molecular weight is 651 g/mol. The third-order valence-electron chi connectivity index (χ3n) is 6.83. The minimum absolute atomic E-state index is 0.150. The summed E-state index contributed by atoms with van der Waals surface area (Å²) in [6, 6.07) is 21.5. The smallest absolute Gasteiger partial charge is 0.339 e. The second-order valence-electron chi connectivity index (χ2n) is 10.1. The lowest BCUT2D eigenvalue weighted by molar-refractivity contribution is -0.134. The lowest BCUT2D eigenvalue weighted by Crippen LogP contribution is -2.15. The Morgan fingerprint density at radius 3 is 1.96 bits per heavy atom. The first-order valence-electron chi connectivity index (χ1n) is 13.7. The maximum Gasteiger partial charge on any atom is 0.339 e. The van der Waals surface area contributed by atoms with E-state index in [4.69, 9.17) is 21.1 Å². The Bertz CT molecular complexity index is 2140. The number of nitrogens with zero attached hydrogens (tertiary/aromatic N) is 5. The van der Waals surface area contributed by atoms with Crippen molar-refractivity contribution in [1.82, 2.24) is 0 Å². The molecule has 236 valence electrons. The molecular weight excluding hydrogens is 624 g/mol. The van der Waals surface area contributed by atoms with E-state index in [9.17, 15) is 18.0 Å². The van der Waals surface area contributed by atoms with E-state index in [0.29, 0.717) is 34.0 Å². The summed E-state index contributed by atoms with van der Waals surface area (Å²) in [5.41, 5.74) is 20.3. The first kappa shape index (κ1) is 32.1. The highest BCUT2D eigenvalue weighted by molar-refractivity contribution is 7.85. The molecule has 0 spiro atoms. The minimum Gasteiger partial charge on any atom is -0.478 e. The van der Waals surface area contributed by atoms with Crippen LogP contribution in [0.5, 0.6) is 0 Å². The largest absolute Gasteiger partial charge is 0.478 e. The van der Waals surface area contributed by atoms with Crippen molar-refractivity contribution in [2.24, 2.45) is 25.6 Å². The number of allylic oxidation sites excluding steroid dienone is 3. The van der Waals surface area contributed by atoms with Crippen LogP contribution in [0.2, 0.25) is 0 Å². The van der Waals surface area contributed by atoms with Crippen molar-refractivity contribution in [3.63, 3.8) is 0 Å². The maximum atomic E-state index is 11.6. The lowest BCUT2D eigenvalue weighted by Gasteiger charge is -2.09. The number of ketones is 1. The zero-order chi connectivity index (χ0) is 33.7. The van der Waals surface area contributed by atoms with Gasteiger partial charge in [0.05, 0.1) is 39.0 Å². The van der Waals surface area contributed by atoms with Gasteiger partial charge < -0.3 is 16.6 Å². The molecule has 0 saturated carbocycles. The van der Waals surface area contributed by atoms with Gasteiger partial charge in [0.1, 0.15) is 16.9 Å². The normalized spacial score (nSPS) is 14.2. The summed E-state index contributed by atoms with van der Waals surface area (Å²) >= 11 is 0. The zero-order valence-electron chi connectivity index (χ0n) is 24.6. The summed E-state index contributed by atoms with van der Waals surface area (Å²) in [6.07, 6.45) is 3.80. The number of nitrogen functional groups attached to an aromatic ring is 2. The standard InChI is InChI=1S/C32H26N8O6S/c1-18-16-27(39-36-23-10-13-25(14-11-23)47(44,45)46)30(34)31(29(18)33)40-37-22-8-4-20(5-9-22)19-2-6-21(7-3-19)35-38-24-12-15-28(41)26(17-24)32(42)43/h2-17,35H,33-34H2,1H3,(H,42,43)(H,44,45,46)/b38-24-,39-36?,40-37?. The zero-order valence-corrected chi connectivity index (χ0v) is 25.4. The van der Waals surface area contributed by atoms with Crippen LogP contribution in [0.15, 0.2) is 133 Å². The van der Waals surface area contributed by atoms with E-state index >= 15 is 0 Å². The Hall–Kier alpha value is -6.32. The van der Waals surface area contributed by atoms with Gasteiger partial charge in [0, 0.05) is 0 Å². The number of carbonyl (C=O) groups is 2. The number of carboxylic acids is 1. The molecule has 0 unspecified atom stereocenters. The van der Waals surface area contributed by atoms with Crippen molar-refractivity contribution in [2.75, 3.05) is 16.9 Å². The molecule has 47 heavy (non-hydrogen) atoms. The molecule has 1 aliphatic rings. The molecule has 0 atom stereocenters. The molecule has 0 aromatic heterocycles. The van der Waals surface area contributed by atoms with Gasteiger partial charge in [-0.3, -0.25) is 14.8 Å². The number of nitrogens with two attached hydrogens (primary N) is 2. The Morgan fingerprint density at radius 1 is 0.787 bits per heavy atom. The van der Waals surface area contributed by atoms with Gasteiger partial charge in [-0.25, -0.2) is 4.79 Å². The number of anilines is 3. The molecule has 0 bridgehead atoms. The van der Waals surface area contributed by atoms with E-state index in [2.05, 4.69) is 31.0 Å². The number of carboxylic acid groups (broad SMARTS) is 1. The first-order chi connectivity index (χ1) is 22.4. The highest BCUT2D eigenvalue weighted by atomic mass is 32.2. The Balaban J connectivity index is 1.27. The van der Waals surface area contributed by atoms with Gasteiger partial charge in [-0.1, -0.05) is 24.3 Å². The number of aliphatic carboxylic acids is 1. The monoisotopic (exact) mass is 650 g/mol. The van der Waals surface area contributed by atoms with Crippen LogP contribution in [0.25, 0.3) is 11.1 Å². The third kappa shape index (κ3) is 7.67. The molecule has 0 fully saturated rings. The van der Waals surface area contributed by atoms with Crippen molar-refractivity contribution < 1.29 is 27.7 Å². The van der Waals surface area contributed by atoms with Gasteiger partial charge in [0.15, 0.2) is 5.78 Å². The highest BCUT2D eigenvalue weighted by Gasteiger charge is 2.19. The van der Waals surface area contributed by atoms with Gasteiger partial charge in [0.25, 0.3) is 10.1 Å².